The molecule has 0 radical (unpaired) electrons. The SMILES string of the molecule is CC(=N)OC(=N)C1(NC(=O)C(=O)c2c(C)c(C(=O)Nc3ccc(F)c(F)c3)n3c2CCC3)CC1. The van der Waals surface area contributed by atoms with E-state index in [1.165, 1.54) is 13.0 Å². The number of carbonyl (C=O) groups excluding carboxylic acids is 3. The van der Waals surface area contributed by atoms with E-state index in [1.807, 2.05) is 0 Å². The van der Waals surface area contributed by atoms with E-state index < -0.39 is 34.8 Å². The molecule has 11 heteroatoms. The number of carbonyl (C=O) groups is 3. The average molecular weight is 471 g/mol. The van der Waals surface area contributed by atoms with Crippen molar-refractivity contribution in [1.29, 1.82) is 10.8 Å². The van der Waals surface area contributed by atoms with Crippen molar-refractivity contribution < 1.29 is 27.9 Å². The van der Waals surface area contributed by atoms with Gasteiger partial charge in [-0.3, -0.25) is 25.2 Å². The lowest BCUT2D eigenvalue weighted by molar-refractivity contribution is -0.117. The van der Waals surface area contributed by atoms with E-state index in [0.717, 1.165) is 12.1 Å². The van der Waals surface area contributed by atoms with E-state index in [9.17, 15) is 23.2 Å². The van der Waals surface area contributed by atoms with Crippen LogP contribution in [0.5, 0.6) is 0 Å². The fourth-order valence-corrected chi connectivity index (χ4v) is 4.25. The van der Waals surface area contributed by atoms with Crippen molar-refractivity contribution in [2.24, 2.45) is 0 Å². The lowest BCUT2D eigenvalue weighted by Crippen LogP contribution is -2.47. The van der Waals surface area contributed by atoms with Crippen molar-refractivity contribution >= 4 is 35.1 Å². The number of benzene rings is 1. The van der Waals surface area contributed by atoms with E-state index in [4.69, 9.17) is 15.6 Å². The molecule has 1 saturated carbocycles. The zero-order valence-electron chi connectivity index (χ0n) is 18.6. The zero-order valence-corrected chi connectivity index (χ0v) is 18.6. The van der Waals surface area contributed by atoms with Crippen LogP contribution in [0.2, 0.25) is 0 Å². The van der Waals surface area contributed by atoms with Gasteiger partial charge in [0.1, 0.15) is 11.2 Å². The quantitative estimate of drug-likeness (QED) is 0.223. The van der Waals surface area contributed by atoms with Crippen molar-refractivity contribution in [2.45, 2.75) is 51.6 Å². The Balaban J connectivity index is 1.59. The predicted molar refractivity (Wildman–Crippen MR) is 118 cm³/mol. The fraction of sp³-hybridized carbons (Fsp3) is 0.348. The van der Waals surface area contributed by atoms with Crippen LogP contribution in [0.25, 0.3) is 0 Å². The molecule has 1 aliphatic carbocycles. The monoisotopic (exact) mass is 471 g/mol. The molecule has 1 fully saturated rings. The van der Waals surface area contributed by atoms with E-state index in [1.54, 1.807) is 11.5 Å². The third-order valence-corrected chi connectivity index (χ3v) is 6.03. The minimum absolute atomic E-state index is 0.0538. The summed E-state index contributed by atoms with van der Waals surface area (Å²) in [4.78, 5) is 39.0. The van der Waals surface area contributed by atoms with Crippen LogP contribution in [0.1, 0.15) is 58.3 Å². The van der Waals surface area contributed by atoms with Gasteiger partial charge in [-0.05, 0) is 50.3 Å². The van der Waals surface area contributed by atoms with Crippen molar-refractivity contribution in [1.82, 2.24) is 9.88 Å². The molecule has 9 nitrogen and oxygen atoms in total. The smallest absolute Gasteiger partial charge is 0.293 e. The number of ether oxygens (including phenoxy) is 1. The van der Waals surface area contributed by atoms with E-state index in [0.29, 0.717) is 43.5 Å². The summed E-state index contributed by atoms with van der Waals surface area (Å²) in [5.41, 5.74) is 0.0970. The van der Waals surface area contributed by atoms with Crippen LogP contribution in [-0.2, 0) is 22.5 Å². The van der Waals surface area contributed by atoms with Crippen LogP contribution in [0.15, 0.2) is 18.2 Å². The van der Waals surface area contributed by atoms with Crippen molar-refractivity contribution in [3.05, 3.63) is 52.3 Å². The number of ketones is 1. The topological polar surface area (TPSA) is 137 Å². The molecule has 0 unspecified atom stereocenters. The van der Waals surface area contributed by atoms with Crippen molar-refractivity contribution in [2.75, 3.05) is 5.32 Å². The maximum Gasteiger partial charge on any atom is 0.293 e. The number of nitrogens with zero attached hydrogens (tertiary/aromatic N) is 1. The van der Waals surface area contributed by atoms with Gasteiger partial charge in [0.25, 0.3) is 17.6 Å². The maximum absolute atomic E-state index is 13.5. The highest BCUT2D eigenvalue weighted by atomic mass is 19.2. The second-order valence-electron chi connectivity index (χ2n) is 8.49. The lowest BCUT2D eigenvalue weighted by Gasteiger charge is -2.17. The highest BCUT2D eigenvalue weighted by Crippen LogP contribution is 2.37. The minimum Gasteiger partial charge on any atom is -0.428 e. The fourth-order valence-electron chi connectivity index (χ4n) is 4.25. The van der Waals surface area contributed by atoms with Gasteiger partial charge in [-0.15, -0.1) is 0 Å². The van der Waals surface area contributed by atoms with Gasteiger partial charge in [0.05, 0.1) is 5.56 Å². The van der Waals surface area contributed by atoms with Crippen molar-refractivity contribution in [3.8, 4) is 0 Å². The summed E-state index contributed by atoms with van der Waals surface area (Å²) in [5, 5.41) is 20.4. The third-order valence-electron chi connectivity index (χ3n) is 6.03. The number of nitrogens with one attached hydrogen (secondary N) is 4. The molecule has 0 bridgehead atoms. The van der Waals surface area contributed by atoms with Gasteiger partial charge < -0.3 is 19.9 Å². The van der Waals surface area contributed by atoms with Crippen molar-refractivity contribution in [3.63, 3.8) is 0 Å². The molecule has 2 amide bonds. The van der Waals surface area contributed by atoms with Crippen LogP contribution in [-0.4, -0.2) is 39.5 Å². The van der Waals surface area contributed by atoms with Gasteiger partial charge in [0, 0.05) is 30.9 Å². The Morgan fingerprint density at radius 3 is 2.47 bits per heavy atom. The zero-order chi connectivity index (χ0) is 24.8. The Bertz CT molecular complexity index is 1260. The van der Waals surface area contributed by atoms with Crippen LogP contribution < -0.4 is 10.6 Å². The van der Waals surface area contributed by atoms with Crippen LogP contribution in [0, 0.1) is 29.4 Å². The molecule has 1 aliphatic heterocycles. The number of rotatable bonds is 6. The van der Waals surface area contributed by atoms with Gasteiger partial charge in [-0.2, -0.15) is 0 Å². The van der Waals surface area contributed by atoms with Gasteiger partial charge >= 0.3 is 0 Å². The second kappa shape index (κ2) is 8.47. The Kier molecular flexibility index (Phi) is 5.80. The summed E-state index contributed by atoms with van der Waals surface area (Å²) in [6.45, 7) is 3.38. The molecule has 1 aromatic heterocycles. The summed E-state index contributed by atoms with van der Waals surface area (Å²) < 4.78 is 33.4. The molecule has 0 spiro atoms. The van der Waals surface area contributed by atoms with Gasteiger partial charge in [-0.25, -0.2) is 8.78 Å². The highest BCUT2D eigenvalue weighted by molar-refractivity contribution is 6.44. The van der Waals surface area contributed by atoms with E-state index in [-0.39, 0.29) is 28.7 Å². The summed E-state index contributed by atoms with van der Waals surface area (Å²) in [6.07, 6.45) is 1.98. The van der Waals surface area contributed by atoms with Crippen LogP contribution >= 0.6 is 0 Å². The molecule has 0 saturated heterocycles. The maximum atomic E-state index is 13.5. The summed E-state index contributed by atoms with van der Waals surface area (Å²) in [6, 6.07) is 2.98. The van der Waals surface area contributed by atoms with Gasteiger partial charge in [0.15, 0.2) is 17.5 Å². The number of Topliss-reactive ketones (excluding diaryl/α,β-unsaturated/α-hetero) is 1. The number of hydrogen-bond donors (Lipinski definition) is 4. The van der Waals surface area contributed by atoms with E-state index in [2.05, 4.69) is 10.6 Å². The van der Waals surface area contributed by atoms with Gasteiger partial charge in [-0.1, -0.05) is 0 Å². The molecule has 2 aliphatic rings. The first-order valence-corrected chi connectivity index (χ1v) is 10.7. The first kappa shape index (κ1) is 23.3. The Morgan fingerprint density at radius 2 is 1.85 bits per heavy atom. The number of halogens is 2. The average Bonchev–Trinajstić information content (AvgIpc) is 3.30. The molecule has 2 heterocycles. The Labute approximate surface area is 193 Å². The molecule has 1 aromatic carbocycles. The summed E-state index contributed by atoms with van der Waals surface area (Å²) in [7, 11) is 0. The molecule has 178 valence electrons. The highest BCUT2D eigenvalue weighted by Gasteiger charge is 2.51. The number of hydrogen-bond acceptors (Lipinski definition) is 6. The second-order valence-corrected chi connectivity index (χ2v) is 8.49. The number of aromatic nitrogens is 1. The Hall–Kier alpha value is -3.89. The third kappa shape index (κ3) is 4.09. The van der Waals surface area contributed by atoms with Crippen LogP contribution in [0.4, 0.5) is 14.5 Å². The molecular formula is C23H23F2N5O4. The van der Waals surface area contributed by atoms with Gasteiger partial charge in [0.2, 0.25) is 5.90 Å². The summed E-state index contributed by atoms with van der Waals surface area (Å²) >= 11 is 0. The molecule has 34 heavy (non-hydrogen) atoms. The lowest BCUT2D eigenvalue weighted by atomic mass is 10.0. The van der Waals surface area contributed by atoms with E-state index >= 15 is 0 Å². The number of fused-ring (bicyclic) bond motifs is 1. The normalized spacial score (nSPS) is 15.3. The molecular weight excluding hydrogens is 448 g/mol. The molecule has 4 rings (SSSR count). The standard InChI is InChI=1S/C23H23F2N5O4/c1-11-17(19(31)21(33)29-23(7-8-23)22(27)34-12(2)26)16-4-3-9-30(16)18(11)20(32)28-13-5-6-14(24)15(25)10-13/h5-6,10,26-27H,3-4,7-9H2,1-2H3,(H,28,32)(H,29,33). The van der Waals surface area contributed by atoms with Crippen LogP contribution in [0.3, 0.4) is 0 Å². The largest absolute Gasteiger partial charge is 0.428 e. The molecule has 0 atom stereocenters. The number of anilines is 1. The molecule has 2 aromatic rings. The number of amides is 2. The summed E-state index contributed by atoms with van der Waals surface area (Å²) in [5.74, 6) is -5.02. The molecule has 4 N–H and O–H groups in total. The first-order chi connectivity index (χ1) is 16.0. The first-order valence-electron chi connectivity index (χ1n) is 10.7. The Morgan fingerprint density at radius 1 is 1.15 bits per heavy atom. The minimum atomic E-state index is -1.11. The predicted octanol–water partition coefficient (Wildman–Crippen LogP) is 3.10.